The topological polar surface area (TPSA) is 20.2 Å². The lowest BCUT2D eigenvalue weighted by atomic mass is 10.0. The Morgan fingerprint density at radius 2 is 0.684 bits per heavy atom. The maximum atomic E-state index is 10.2. The van der Waals surface area contributed by atoms with Gasteiger partial charge >= 0.3 is 0 Å². The zero-order chi connectivity index (χ0) is 13.8. The average Bonchev–Trinajstić information content (AvgIpc) is 2.37. The predicted octanol–water partition coefficient (Wildman–Crippen LogP) is 5.86. The van der Waals surface area contributed by atoms with Crippen LogP contribution in [0.5, 0.6) is 0 Å². The summed E-state index contributed by atoms with van der Waals surface area (Å²) in [6, 6.07) is 0. The monoisotopic (exact) mass is 286 g/mol. The molecule has 0 spiro atoms. The van der Waals surface area contributed by atoms with Crippen LogP contribution in [-0.4, -0.2) is 10.0 Å². The van der Waals surface area contributed by atoms with Gasteiger partial charge in [0.2, 0.25) is 0 Å². The SMILES string of the molecule is OC1(S)CCCCCCCCCCCCCCCC1. The molecule has 1 nitrogen and oxygen atoms in total. The van der Waals surface area contributed by atoms with Gasteiger partial charge in [-0.1, -0.05) is 77.0 Å². The van der Waals surface area contributed by atoms with Crippen LogP contribution in [-0.2, 0) is 0 Å². The Bertz CT molecular complexity index is 183. The molecule has 114 valence electrons. The average molecular weight is 287 g/mol. The third-order valence-corrected chi connectivity index (χ3v) is 4.85. The Morgan fingerprint density at radius 1 is 0.474 bits per heavy atom. The smallest absolute Gasteiger partial charge is 0.107 e. The molecule has 0 aromatic heterocycles. The molecule has 19 heavy (non-hydrogen) atoms. The summed E-state index contributed by atoms with van der Waals surface area (Å²) in [5.74, 6) is 0. The summed E-state index contributed by atoms with van der Waals surface area (Å²) in [5.41, 5.74) is 0. The number of hydrogen-bond acceptors (Lipinski definition) is 2. The highest BCUT2D eigenvalue weighted by Gasteiger charge is 2.19. The van der Waals surface area contributed by atoms with E-state index in [4.69, 9.17) is 0 Å². The van der Waals surface area contributed by atoms with Crippen molar-refractivity contribution in [3.05, 3.63) is 0 Å². The van der Waals surface area contributed by atoms with Crippen LogP contribution in [0.3, 0.4) is 0 Å². The van der Waals surface area contributed by atoms with E-state index in [1.54, 1.807) is 0 Å². The lowest BCUT2D eigenvalue weighted by Gasteiger charge is -2.22. The van der Waals surface area contributed by atoms with E-state index >= 15 is 0 Å². The lowest BCUT2D eigenvalue weighted by molar-refractivity contribution is 0.113. The van der Waals surface area contributed by atoms with E-state index in [2.05, 4.69) is 12.6 Å². The minimum Gasteiger partial charge on any atom is -0.380 e. The summed E-state index contributed by atoms with van der Waals surface area (Å²) < 4.78 is 0. The van der Waals surface area contributed by atoms with Crippen LogP contribution >= 0.6 is 12.6 Å². The Balaban J connectivity index is 2.20. The van der Waals surface area contributed by atoms with E-state index in [9.17, 15) is 5.11 Å². The van der Waals surface area contributed by atoms with E-state index in [1.807, 2.05) is 0 Å². The number of aliphatic hydroxyl groups is 1. The molecule has 1 N–H and O–H groups in total. The molecule has 0 atom stereocenters. The van der Waals surface area contributed by atoms with E-state index in [1.165, 1.54) is 77.0 Å². The van der Waals surface area contributed by atoms with Crippen molar-refractivity contribution in [3.63, 3.8) is 0 Å². The molecular formula is C17H34OS. The van der Waals surface area contributed by atoms with Crippen molar-refractivity contribution in [3.8, 4) is 0 Å². The van der Waals surface area contributed by atoms with Crippen molar-refractivity contribution in [2.45, 2.75) is 108 Å². The Labute approximate surface area is 126 Å². The first-order valence-electron chi connectivity index (χ1n) is 8.65. The second kappa shape index (κ2) is 11.0. The molecule has 0 radical (unpaired) electrons. The molecule has 1 fully saturated rings. The van der Waals surface area contributed by atoms with Gasteiger partial charge in [-0.25, -0.2) is 0 Å². The molecule has 2 heteroatoms. The summed E-state index contributed by atoms with van der Waals surface area (Å²) in [7, 11) is 0. The Kier molecular flexibility index (Phi) is 10.1. The molecule has 0 unspecified atom stereocenters. The Hall–Kier alpha value is 0.310. The standard InChI is InChI=1S/C17H34OS/c18-17(19)15-13-11-9-7-5-3-1-2-4-6-8-10-12-14-16-17/h18-19H,1-16H2. The van der Waals surface area contributed by atoms with Crippen LogP contribution in [0.2, 0.25) is 0 Å². The zero-order valence-corrected chi connectivity index (χ0v) is 13.6. The van der Waals surface area contributed by atoms with Gasteiger partial charge in [-0.15, -0.1) is 12.6 Å². The number of thiol groups is 1. The van der Waals surface area contributed by atoms with Gasteiger partial charge in [0.25, 0.3) is 0 Å². The summed E-state index contributed by atoms with van der Waals surface area (Å²) in [5, 5.41) is 10.2. The van der Waals surface area contributed by atoms with Gasteiger partial charge in [0.1, 0.15) is 4.93 Å². The highest BCUT2D eigenvalue weighted by Crippen LogP contribution is 2.26. The van der Waals surface area contributed by atoms with Crippen molar-refractivity contribution < 1.29 is 5.11 Å². The number of hydrogen-bond donors (Lipinski definition) is 2. The van der Waals surface area contributed by atoms with Crippen LogP contribution in [0.4, 0.5) is 0 Å². The second-order valence-electron chi connectivity index (χ2n) is 6.43. The third-order valence-electron chi connectivity index (χ3n) is 4.40. The van der Waals surface area contributed by atoms with Crippen LogP contribution in [0, 0.1) is 0 Å². The molecule has 0 heterocycles. The van der Waals surface area contributed by atoms with Gasteiger partial charge < -0.3 is 5.11 Å². The number of rotatable bonds is 0. The summed E-state index contributed by atoms with van der Waals surface area (Å²) in [6.45, 7) is 0. The van der Waals surface area contributed by atoms with Crippen molar-refractivity contribution >= 4 is 12.6 Å². The van der Waals surface area contributed by atoms with Crippen molar-refractivity contribution in [2.75, 3.05) is 0 Å². The molecule has 1 aliphatic rings. The highest BCUT2D eigenvalue weighted by atomic mass is 32.1. The van der Waals surface area contributed by atoms with Crippen LogP contribution in [0.1, 0.15) is 103 Å². The summed E-state index contributed by atoms with van der Waals surface area (Å²) in [4.78, 5) is -0.700. The van der Waals surface area contributed by atoms with E-state index in [0.29, 0.717) is 0 Å². The van der Waals surface area contributed by atoms with Gasteiger partial charge in [0.15, 0.2) is 0 Å². The first kappa shape index (κ1) is 17.4. The fraction of sp³-hybridized carbons (Fsp3) is 1.00. The van der Waals surface area contributed by atoms with Crippen LogP contribution < -0.4 is 0 Å². The molecular weight excluding hydrogens is 252 g/mol. The lowest BCUT2D eigenvalue weighted by Crippen LogP contribution is -2.20. The fourth-order valence-electron chi connectivity index (χ4n) is 3.06. The normalized spacial score (nSPS) is 25.6. The van der Waals surface area contributed by atoms with Gasteiger partial charge in [-0.3, -0.25) is 0 Å². The largest absolute Gasteiger partial charge is 0.380 e. The van der Waals surface area contributed by atoms with E-state index < -0.39 is 4.93 Å². The molecule has 0 bridgehead atoms. The first-order chi connectivity index (χ1) is 9.21. The molecule has 1 rings (SSSR count). The Morgan fingerprint density at radius 3 is 0.947 bits per heavy atom. The second-order valence-corrected chi connectivity index (χ2v) is 7.26. The molecule has 0 aliphatic heterocycles. The van der Waals surface area contributed by atoms with Crippen molar-refractivity contribution in [1.29, 1.82) is 0 Å². The van der Waals surface area contributed by atoms with Gasteiger partial charge in [-0.2, -0.15) is 0 Å². The van der Waals surface area contributed by atoms with E-state index in [-0.39, 0.29) is 0 Å². The molecule has 0 amide bonds. The molecule has 1 aliphatic carbocycles. The predicted molar refractivity (Wildman–Crippen MR) is 87.8 cm³/mol. The van der Waals surface area contributed by atoms with Crippen LogP contribution in [0.15, 0.2) is 0 Å². The third kappa shape index (κ3) is 10.7. The van der Waals surface area contributed by atoms with Gasteiger partial charge in [-0.05, 0) is 25.7 Å². The maximum Gasteiger partial charge on any atom is 0.107 e. The summed E-state index contributed by atoms with van der Waals surface area (Å²) >= 11 is 4.44. The fourth-order valence-corrected chi connectivity index (χ4v) is 3.38. The minimum absolute atomic E-state index is 0.700. The zero-order valence-electron chi connectivity index (χ0n) is 12.7. The van der Waals surface area contributed by atoms with Gasteiger partial charge in [0, 0.05) is 0 Å². The first-order valence-corrected chi connectivity index (χ1v) is 9.10. The van der Waals surface area contributed by atoms with Crippen LogP contribution in [0.25, 0.3) is 0 Å². The molecule has 0 aromatic rings. The van der Waals surface area contributed by atoms with Crippen molar-refractivity contribution in [1.82, 2.24) is 0 Å². The van der Waals surface area contributed by atoms with E-state index in [0.717, 1.165) is 25.7 Å². The van der Waals surface area contributed by atoms with Crippen molar-refractivity contribution in [2.24, 2.45) is 0 Å². The quantitative estimate of drug-likeness (QED) is 0.422. The molecule has 0 saturated heterocycles. The molecule has 1 saturated carbocycles. The minimum atomic E-state index is -0.700. The highest BCUT2D eigenvalue weighted by molar-refractivity contribution is 7.81. The summed E-state index contributed by atoms with van der Waals surface area (Å²) in [6.07, 6.45) is 20.5. The maximum absolute atomic E-state index is 10.2. The molecule has 0 aromatic carbocycles. The van der Waals surface area contributed by atoms with Gasteiger partial charge in [0.05, 0.1) is 0 Å².